The van der Waals surface area contributed by atoms with Gasteiger partial charge < -0.3 is 0 Å². The molecule has 0 bridgehead atoms. The maximum Gasteiger partial charge on any atom is 0.270 e. The molecule has 1 fully saturated rings. The van der Waals surface area contributed by atoms with Gasteiger partial charge in [-0.2, -0.15) is 0 Å². The Labute approximate surface area is 101 Å². The fraction of sp³-hybridized carbons (Fsp3) is 0.333. The largest absolute Gasteiger partial charge is 0.270 e. The highest BCUT2D eigenvalue weighted by Gasteiger charge is 2.38. The maximum atomic E-state index is 11.9. The zero-order chi connectivity index (χ0) is 11.9. The van der Waals surface area contributed by atoms with Crippen LogP contribution in [0.15, 0.2) is 27.6 Å². The van der Waals surface area contributed by atoms with Crippen molar-refractivity contribution in [3.8, 4) is 0 Å². The third kappa shape index (κ3) is 1.97. The molecule has 0 aromatic heterocycles. The molecule has 0 saturated heterocycles. The van der Waals surface area contributed by atoms with Gasteiger partial charge in [0, 0.05) is 16.6 Å². The average Bonchev–Trinajstić information content (AvgIpc) is 3.00. The molecule has 1 aliphatic carbocycles. The van der Waals surface area contributed by atoms with Crippen molar-refractivity contribution in [1.29, 1.82) is 0 Å². The summed E-state index contributed by atoms with van der Waals surface area (Å²) in [6, 6.07) is 3.78. The van der Waals surface area contributed by atoms with Crippen molar-refractivity contribution in [2.24, 2.45) is 0 Å². The Morgan fingerprint density at radius 2 is 2.00 bits per heavy atom. The summed E-state index contributed by atoms with van der Waals surface area (Å²) in [5, 5.41) is 10.2. The van der Waals surface area contributed by atoms with Crippen molar-refractivity contribution in [3.63, 3.8) is 0 Å². The number of non-ortho nitro benzene ring substituents is 1. The molecular weight excluding hydrogens is 298 g/mol. The highest BCUT2D eigenvalue weighted by atomic mass is 79.9. The van der Waals surface area contributed by atoms with Crippen LogP contribution in [0.3, 0.4) is 0 Å². The van der Waals surface area contributed by atoms with Gasteiger partial charge in [-0.25, -0.2) is 8.42 Å². The molecule has 0 heterocycles. The van der Waals surface area contributed by atoms with Gasteiger partial charge in [0.1, 0.15) is 0 Å². The first-order valence-electron chi connectivity index (χ1n) is 4.61. The minimum Gasteiger partial charge on any atom is -0.258 e. The average molecular weight is 306 g/mol. The zero-order valence-electron chi connectivity index (χ0n) is 8.09. The molecular formula is C9H8BrNO4S. The van der Waals surface area contributed by atoms with Gasteiger partial charge in [-0.05, 0) is 34.8 Å². The number of nitrogens with zero attached hydrogens (tertiary/aromatic N) is 1. The minimum absolute atomic E-state index is 0.0178. The maximum absolute atomic E-state index is 11.9. The fourth-order valence-electron chi connectivity index (χ4n) is 1.38. The van der Waals surface area contributed by atoms with Gasteiger partial charge in [-0.15, -0.1) is 0 Å². The molecule has 1 saturated carbocycles. The van der Waals surface area contributed by atoms with Crippen molar-refractivity contribution in [2.45, 2.75) is 23.0 Å². The molecule has 16 heavy (non-hydrogen) atoms. The van der Waals surface area contributed by atoms with Gasteiger partial charge in [-0.3, -0.25) is 10.1 Å². The topological polar surface area (TPSA) is 77.3 Å². The summed E-state index contributed by atoms with van der Waals surface area (Å²) in [7, 11) is -3.40. The van der Waals surface area contributed by atoms with Crippen LogP contribution in [0.25, 0.3) is 0 Å². The van der Waals surface area contributed by atoms with Crippen molar-refractivity contribution in [2.75, 3.05) is 0 Å². The lowest BCUT2D eigenvalue weighted by Gasteiger charge is -2.04. The van der Waals surface area contributed by atoms with Crippen molar-refractivity contribution in [3.05, 3.63) is 32.8 Å². The van der Waals surface area contributed by atoms with Crippen LogP contribution in [0.4, 0.5) is 5.69 Å². The van der Waals surface area contributed by atoms with E-state index in [4.69, 9.17) is 0 Å². The summed E-state index contributed by atoms with van der Waals surface area (Å²) in [4.78, 5) is 9.99. The van der Waals surface area contributed by atoms with Gasteiger partial charge in [0.05, 0.1) is 15.1 Å². The Balaban J connectivity index is 2.55. The van der Waals surface area contributed by atoms with Crippen LogP contribution in [0, 0.1) is 10.1 Å². The molecule has 0 atom stereocenters. The van der Waals surface area contributed by atoms with Gasteiger partial charge >= 0.3 is 0 Å². The van der Waals surface area contributed by atoms with Crippen LogP contribution < -0.4 is 0 Å². The van der Waals surface area contributed by atoms with Gasteiger partial charge in [0.2, 0.25) is 0 Å². The molecule has 0 amide bonds. The van der Waals surface area contributed by atoms with Crippen LogP contribution in [-0.2, 0) is 9.84 Å². The van der Waals surface area contributed by atoms with Crippen LogP contribution in [-0.4, -0.2) is 18.6 Å². The summed E-state index contributed by atoms with van der Waals surface area (Å²) >= 11 is 3.11. The molecule has 5 nitrogen and oxygen atoms in total. The number of hydrogen-bond donors (Lipinski definition) is 0. The van der Waals surface area contributed by atoms with Crippen molar-refractivity contribution >= 4 is 31.5 Å². The number of hydrogen-bond acceptors (Lipinski definition) is 4. The molecule has 1 aromatic carbocycles. The third-order valence-corrected chi connectivity index (χ3v) is 5.65. The first-order chi connectivity index (χ1) is 7.43. The fourth-order valence-corrected chi connectivity index (χ4v) is 4.05. The highest BCUT2D eigenvalue weighted by molar-refractivity contribution is 9.10. The minimum atomic E-state index is -3.40. The molecule has 0 N–H and O–H groups in total. The number of benzene rings is 1. The monoisotopic (exact) mass is 305 g/mol. The summed E-state index contributed by atoms with van der Waals surface area (Å²) < 4.78 is 24.3. The Morgan fingerprint density at radius 1 is 1.38 bits per heavy atom. The standard InChI is InChI=1S/C9H8BrNO4S/c10-8-4-1-6(11(12)13)5-9(8)16(14,15)7-2-3-7/h1,4-5,7H,2-3H2. The van der Waals surface area contributed by atoms with Gasteiger partial charge in [-0.1, -0.05) is 0 Å². The molecule has 0 aliphatic heterocycles. The molecule has 86 valence electrons. The molecule has 7 heteroatoms. The Hall–Kier alpha value is -0.950. The lowest BCUT2D eigenvalue weighted by atomic mass is 10.3. The smallest absolute Gasteiger partial charge is 0.258 e. The predicted octanol–water partition coefficient (Wildman–Crippen LogP) is 2.29. The van der Waals surface area contributed by atoms with E-state index < -0.39 is 14.8 Å². The van der Waals surface area contributed by atoms with E-state index in [1.54, 1.807) is 0 Å². The highest BCUT2D eigenvalue weighted by Crippen LogP contribution is 2.37. The summed E-state index contributed by atoms with van der Waals surface area (Å²) in [5.41, 5.74) is -0.206. The Morgan fingerprint density at radius 3 is 2.50 bits per heavy atom. The molecule has 1 aliphatic rings. The number of nitro benzene ring substituents is 1. The number of halogens is 1. The van der Waals surface area contributed by atoms with E-state index >= 15 is 0 Å². The second kappa shape index (κ2) is 3.81. The Kier molecular flexibility index (Phi) is 2.75. The third-order valence-electron chi connectivity index (χ3n) is 2.40. The zero-order valence-corrected chi connectivity index (χ0v) is 10.5. The summed E-state index contributed by atoms with van der Waals surface area (Å²) in [6.07, 6.45) is 1.27. The number of rotatable bonds is 3. The number of nitro groups is 1. The van der Waals surface area contributed by atoms with E-state index in [2.05, 4.69) is 15.9 Å². The van der Waals surface area contributed by atoms with Crippen molar-refractivity contribution < 1.29 is 13.3 Å². The quantitative estimate of drug-likeness (QED) is 0.634. The van der Waals surface area contributed by atoms with E-state index in [1.165, 1.54) is 12.1 Å². The second-order valence-corrected chi connectivity index (χ2v) is 6.67. The SMILES string of the molecule is O=[N+]([O-])c1ccc(Br)c(S(=O)(=O)C2CC2)c1. The van der Waals surface area contributed by atoms with Gasteiger partial charge in [0.25, 0.3) is 5.69 Å². The van der Waals surface area contributed by atoms with Crippen molar-refractivity contribution in [1.82, 2.24) is 0 Å². The van der Waals surface area contributed by atoms with Crippen LogP contribution >= 0.6 is 15.9 Å². The first kappa shape index (κ1) is 11.5. The van der Waals surface area contributed by atoms with Crippen LogP contribution in [0.2, 0.25) is 0 Å². The molecule has 0 radical (unpaired) electrons. The predicted molar refractivity (Wildman–Crippen MR) is 61.0 cm³/mol. The number of sulfone groups is 1. The van der Waals surface area contributed by atoms with Crippen LogP contribution in [0.1, 0.15) is 12.8 Å². The van der Waals surface area contributed by atoms with E-state index in [0.29, 0.717) is 17.3 Å². The normalized spacial score (nSPS) is 16.1. The van der Waals surface area contributed by atoms with Gasteiger partial charge in [0.15, 0.2) is 9.84 Å². The lowest BCUT2D eigenvalue weighted by molar-refractivity contribution is -0.385. The second-order valence-electron chi connectivity index (χ2n) is 3.62. The van der Waals surface area contributed by atoms with E-state index in [-0.39, 0.29) is 15.8 Å². The lowest BCUT2D eigenvalue weighted by Crippen LogP contribution is -2.08. The summed E-state index contributed by atoms with van der Waals surface area (Å²) in [6.45, 7) is 0. The Bertz CT molecular complexity index is 551. The molecule has 2 rings (SSSR count). The molecule has 0 unspecified atom stereocenters. The molecule has 1 aromatic rings. The van der Waals surface area contributed by atoms with E-state index in [0.717, 1.165) is 6.07 Å². The van der Waals surface area contributed by atoms with Crippen LogP contribution in [0.5, 0.6) is 0 Å². The summed E-state index contributed by atoms with van der Waals surface area (Å²) in [5.74, 6) is 0. The molecule has 0 spiro atoms. The first-order valence-corrected chi connectivity index (χ1v) is 6.94. The van der Waals surface area contributed by atoms with E-state index in [9.17, 15) is 18.5 Å². The van der Waals surface area contributed by atoms with E-state index in [1.807, 2.05) is 0 Å².